The molecule has 0 radical (unpaired) electrons. The molecule has 0 N–H and O–H groups in total. The molecule has 0 spiro atoms. The van der Waals surface area contributed by atoms with E-state index in [9.17, 15) is 13.2 Å². The van der Waals surface area contributed by atoms with Crippen LogP contribution in [0.4, 0.5) is 5.69 Å². The van der Waals surface area contributed by atoms with Gasteiger partial charge in [-0.2, -0.15) is 19.5 Å². The number of benzene rings is 3. The number of carbonyl (C=O) groups excluding carboxylic acids is 1. The Kier molecular flexibility index (Phi) is 7.38. The van der Waals surface area contributed by atoms with E-state index in [4.69, 9.17) is 5.10 Å². The lowest BCUT2D eigenvalue weighted by Gasteiger charge is -2.20. The fraction of sp³-hybridized carbons (Fsp3) is 0.219. The van der Waals surface area contributed by atoms with E-state index in [-0.39, 0.29) is 10.8 Å². The van der Waals surface area contributed by atoms with Gasteiger partial charge in [0.15, 0.2) is 0 Å². The number of hydrogen-bond acceptors (Lipinski definition) is 5. The van der Waals surface area contributed by atoms with Crippen LogP contribution in [0.2, 0.25) is 0 Å². The van der Waals surface area contributed by atoms with Crippen LogP contribution in [0, 0.1) is 0 Å². The highest BCUT2D eigenvalue weighted by Crippen LogP contribution is 2.31. The van der Waals surface area contributed by atoms with Crippen molar-refractivity contribution in [2.75, 3.05) is 18.1 Å². The summed E-state index contributed by atoms with van der Waals surface area (Å²) in [6, 6.07) is 25.9. The fourth-order valence-electron chi connectivity index (χ4n) is 5.25. The van der Waals surface area contributed by atoms with E-state index in [1.54, 1.807) is 33.3 Å². The maximum absolute atomic E-state index is 13.6. The Hall–Kier alpha value is -4.34. The summed E-state index contributed by atoms with van der Waals surface area (Å²) in [6.45, 7) is 2.87. The fourth-order valence-corrected chi connectivity index (χ4v) is 6.81. The number of carbonyl (C=O) groups is 1. The molecule has 2 aliphatic heterocycles. The van der Waals surface area contributed by atoms with Gasteiger partial charge < -0.3 is 0 Å². The predicted molar refractivity (Wildman–Crippen MR) is 161 cm³/mol. The first-order valence-electron chi connectivity index (χ1n) is 13.8. The summed E-state index contributed by atoms with van der Waals surface area (Å²) in [7, 11) is -3.65. The van der Waals surface area contributed by atoms with Crippen molar-refractivity contribution < 1.29 is 13.2 Å². The molecular weight excluding hydrogens is 534 g/mol. The van der Waals surface area contributed by atoms with Crippen molar-refractivity contribution in [1.82, 2.24) is 14.1 Å². The Bertz CT molecular complexity index is 1740. The Morgan fingerprint density at radius 3 is 2.15 bits per heavy atom. The normalized spacial score (nSPS) is 17.6. The van der Waals surface area contributed by atoms with Crippen molar-refractivity contribution in [2.24, 2.45) is 5.10 Å². The third-order valence-electron chi connectivity index (χ3n) is 7.44. The third-order valence-corrected chi connectivity index (χ3v) is 9.33. The zero-order chi connectivity index (χ0) is 28.4. The van der Waals surface area contributed by atoms with Gasteiger partial charge >= 0.3 is 0 Å². The molecular formula is C32H31N5O3S. The van der Waals surface area contributed by atoms with Crippen molar-refractivity contribution in [1.29, 1.82) is 0 Å². The second-order valence-corrected chi connectivity index (χ2v) is 12.2. The predicted octanol–water partition coefficient (Wildman–Crippen LogP) is 5.91. The molecule has 1 aromatic heterocycles. The van der Waals surface area contributed by atoms with Gasteiger partial charge in [-0.25, -0.2) is 13.1 Å². The molecule has 6 rings (SSSR count). The van der Waals surface area contributed by atoms with Gasteiger partial charge in [0.2, 0.25) is 10.0 Å². The molecule has 1 saturated heterocycles. The van der Waals surface area contributed by atoms with E-state index in [0.717, 1.165) is 31.4 Å². The summed E-state index contributed by atoms with van der Waals surface area (Å²) < 4.78 is 30.5. The summed E-state index contributed by atoms with van der Waals surface area (Å²) in [5.74, 6) is -0.232. The maximum Gasteiger partial charge on any atom is 0.280 e. The Morgan fingerprint density at radius 1 is 0.805 bits per heavy atom. The molecule has 0 aliphatic carbocycles. The SMILES string of the molecule is CC1=NN(c2ccccc2)C(=O)/C1=C\c1cn(-c2ccccc2)nc1-c1cccc(S(=O)(=O)N2CCCCCC2)c1. The van der Waals surface area contributed by atoms with Crippen LogP contribution in [0.15, 0.2) is 107 Å². The zero-order valence-corrected chi connectivity index (χ0v) is 23.7. The van der Waals surface area contributed by atoms with Crippen molar-refractivity contribution in [3.8, 4) is 16.9 Å². The lowest BCUT2D eigenvalue weighted by molar-refractivity contribution is -0.114. The van der Waals surface area contributed by atoms with Crippen LogP contribution in [0.3, 0.4) is 0 Å². The van der Waals surface area contributed by atoms with Gasteiger partial charge in [-0.15, -0.1) is 0 Å². The molecule has 0 bridgehead atoms. The Morgan fingerprint density at radius 2 is 1.46 bits per heavy atom. The molecule has 4 aromatic rings. The summed E-state index contributed by atoms with van der Waals surface area (Å²) in [5.41, 5.74) is 4.50. The summed E-state index contributed by atoms with van der Waals surface area (Å²) in [4.78, 5) is 13.7. The van der Waals surface area contributed by atoms with Crippen LogP contribution >= 0.6 is 0 Å². The first kappa shape index (κ1) is 26.9. The average Bonchev–Trinajstić information content (AvgIpc) is 3.40. The van der Waals surface area contributed by atoms with Crippen LogP contribution in [0.5, 0.6) is 0 Å². The van der Waals surface area contributed by atoms with Crippen LogP contribution in [-0.2, 0) is 14.8 Å². The van der Waals surface area contributed by atoms with Crippen LogP contribution < -0.4 is 5.01 Å². The highest BCUT2D eigenvalue weighted by Gasteiger charge is 2.30. The van der Waals surface area contributed by atoms with Crippen molar-refractivity contribution in [2.45, 2.75) is 37.5 Å². The number of hydrogen-bond donors (Lipinski definition) is 0. The second-order valence-electron chi connectivity index (χ2n) is 10.3. The largest absolute Gasteiger partial charge is 0.280 e. The smallest absolute Gasteiger partial charge is 0.267 e. The molecule has 1 amide bonds. The summed E-state index contributed by atoms with van der Waals surface area (Å²) >= 11 is 0. The topological polar surface area (TPSA) is 87.9 Å². The van der Waals surface area contributed by atoms with E-state index in [1.165, 1.54) is 5.01 Å². The first-order chi connectivity index (χ1) is 19.9. The van der Waals surface area contributed by atoms with Crippen LogP contribution in [0.1, 0.15) is 38.2 Å². The molecule has 2 aliphatic rings. The first-order valence-corrected chi connectivity index (χ1v) is 15.3. The van der Waals surface area contributed by atoms with Gasteiger partial charge in [0.1, 0.15) is 5.69 Å². The quantitative estimate of drug-likeness (QED) is 0.272. The number of hydrazone groups is 1. The minimum atomic E-state index is -3.65. The molecule has 1 fully saturated rings. The van der Waals surface area contributed by atoms with Crippen LogP contribution in [0.25, 0.3) is 23.0 Å². The second kappa shape index (κ2) is 11.3. The van der Waals surface area contributed by atoms with E-state index in [0.29, 0.717) is 46.9 Å². The van der Waals surface area contributed by atoms with Crippen LogP contribution in [-0.4, -0.2) is 47.2 Å². The van der Waals surface area contributed by atoms with Gasteiger partial charge in [0.05, 0.1) is 27.6 Å². The minimum Gasteiger partial charge on any atom is -0.267 e. The van der Waals surface area contributed by atoms with E-state index < -0.39 is 10.0 Å². The van der Waals surface area contributed by atoms with Gasteiger partial charge in [0, 0.05) is 30.4 Å². The number of aromatic nitrogens is 2. The van der Waals surface area contributed by atoms with E-state index in [2.05, 4.69) is 5.10 Å². The number of amides is 1. The van der Waals surface area contributed by atoms with Gasteiger partial charge in [-0.1, -0.05) is 61.4 Å². The minimum absolute atomic E-state index is 0.232. The van der Waals surface area contributed by atoms with Crippen molar-refractivity contribution in [3.05, 3.63) is 102 Å². The maximum atomic E-state index is 13.6. The number of sulfonamides is 1. The van der Waals surface area contributed by atoms with Gasteiger partial charge in [0.25, 0.3) is 5.91 Å². The highest BCUT2D eigenvalue weighted by molar-refractivity contribution is 7.89. The molecule has 0 unspecified atom stereocenters. The number of anilines is 1. The monoisotopic (exact) mass is 565 g/mol. The molecule has 8 nitrogen and oxygen atoms in total. The molecule has 0 saturated carbocycles. The number of rotatable bonds is 6. The third kappa shape index (κ3) is 5.38. The van der Waals surface area contributed by atoms with E-state index >= 15 is 0 Å². The lowest BCUT2D eigenvalue weighted by Crippen LogP contribution is -2.31. The molecule has 3 heterocycles. The highest BCUT2D eigenvalue weighted by atomic mass is 32.2. The Labute approximate surface area is 240 Å². The standard InChI is InChI=1S/C32H31N5O3S/c1-24-30(32(38)37(33-24)28-16-8-5-9-17-28)22-26-23-36(27-14-6-4-7-15-27)34-31(26)25-13-12-18-29(21-25)41(39,40)35-19-10-2-3-11-20-35/h4-9,12-18,21-23H,2-3,10-11,19-20H2,1H3/b30-22-. The molecule has 9 heteroatoms. The van der Waals surface area contributed by atoms with E-state index in [1.807, 2.05) is 79.9 Å². The molecule has 208 valence electrons. The summed E-state index contributed by atoms with van der Waals surface area (Å²) in [6.07, 6.45) is 7.48. The average molecular weight is 566 g/mol. The molecule has 0 atom stereocenters. The van der Waals surface area contributed by atoms with Gasteiger partial charge in [-0.05, 0) is 62.2 Å². The van der Waals surface area contributed by atoms with Gasteiger partial charge in [-0.3, -0.25) is 4.79 Å². The number of para-hydroxylation sites is 2. The molecule has 41 heavy (non-hydrogen) atoms. The molecule has 3 aromatic carbocycles. The number of nitrogens with zero attached hydrogens (tertiary/aromatic N) is 5. The van der Waals surface area contributed by atoms with Crippen molar-refractivity contribution >= 4 is 33.4 Å². The summed E-state index contributed by atoms with van der Waals surface area (Å²) in [5, 5.41) is 10.8. The lowest BCUT2D eigenvalue weighted by atomic mass is 10.0. The Balaban J connectivity index is 1.43. The zero-order valence-electron chi connectivity index (χ0n) is 22.8. The van der Waals surface area contributed by atoms with Crippen molar-refractivity contribution in [3.63, 3.8) is 0 Å².